The number of urea groups is 1. The number of nitrogens with zero attached hydrogens (tertiary/aromatic N) is 4. The number of anilines is 1. The maximum absolute atomic E-state index is 13.5. The first-order valence-electron chi connectivity index (χ1n) is 9.43. The molecule has 1 N–H and O–H groups in total. The highest BCUT2D eigenvalue weighted by Gasteiger charge is 2.38. The van der Waals surface area contributed by atoms with Gasteiger partial charge in [0.1, 0.15) is 11.9 Å². The van der Waals surface area contributed by atoms with Gasteiger partial charge in [-0.25, -0.2) is 9.18 Å². The van der Waals surface area contributed by atoms with Crippen molar-refractivity contribution in [1.82, 2.24) is 14.7 Å². The minimum absolute atomic E-state index is 0.0409. The minimum Gasteiger partial charge on any atom is -0.314 e. The predicted octanol–water partition coefficient (Wildman–Crippen LogP) is 4.10. The number of rotatable bonds is 4. The zero-order valence-electron chi connectivity index (χ0n) is 16.7. The van der Waals surface area contributed by atoms with Crippen molar-refractivity contribution in [1.29, 1.82) is 5.26 Å². The molecule has 0 aliphatic carbocycles. The predicted molar refractivity (Wildman–Crippen MR) is 102 cm³/mol. The van der Waals surface area contributed by atoms with E-state index in [1.54, 1.807) is 13.0 Å². The number of carbonyl (C=O) groups is 2. The first-order chi connectivity index (χ1) is 14.5. The van der Waals surface area contributed by atoms with Gasteiger partial charge in [0.15, 0.2) is 5.78 Å². The summed E-state index contributed by atoms with van der Waals surface area (Å²) in [4.78, 5) is 26.6. The van der Waals surface area contributed by atoms with E-state index in [1.807, 2.05) is 0 Å². The number of fused-ring (bicyclic) bond motifs is 1. The summed E-state index contributed by atoms with van der Waals surface area (Å²) in [6, 6.07) is 4.35. The van der Waals surface area contributed by atoms with Crippen LogP contribution in [0.3, 0.4) is 0 Å². The van der Waals surface area contributed by atoms with Crippen molar-refractivity contribution in [3.8, 4) is 6.07 Å². The number of halogens is 4. The van der Waals surface area contributed by atoms with Crippen molar-refractivity contribution in [2.24, 2.45) is 5.92 Å². The summed E-state index contributed by atoms with van der Waals surface area (Å²) in [7, 11) is 0. The first-order valence-corrected chi connectivity index (χ1v) is 9.43. The van der Waals surface area contributed by atoms with E-state index in [4.69, 9.17) is 5.26 Å². The molecular weight excluding hydrogens is 418 g/mol. The van der Waals surface area contributed by atoms with Crippen molar-refractivity contribution in [3.05, 3.63) is 47.0 Å². The summed E-state index contributed by atoms with van der Waals surface area (Å²) in [5.41, 5.74) is 0.387. The van der Waals surface area contributed by atoms with Gasteiger partial charge in [0.05, 0.1) is 48.1 Å². The van der Waals surface area contributed by atoms with Gasteiger partial charge in [-0.1, -0.05) is 6.92 Å². The molecule has 7 nitrogen and oxygen atoms in total. The van der Waals surface area contributed by atoms with Crippen molar-refractivity contribution in [2.45, 2.75) is 45.6 Å². The second-order valence-electron chi connectivity index (χ2n) is 7.47. The molecule has 0 bridgehead atoms. The largest absolute Gasteiger partial charge is 0.391 e. The van der Waals surface area contributed by atoms with Crippen molar-refractivity contribution in [3.63, 3.8) is 0 Å². The van der Waals surface area contributed by atoms with E-state index < -0.39 is 36.1 Å². The van der Waals surface area contributed by atoms with Crippen LogP contribution in [-0.4, -0.2) is 38.7 Å². The Morgan fingerprint density at radius 2 is 2.10 bits per heavy atom. The van der Waals surface area contributed by atoms with Crippen LogP contribution in [0, 0.1) is 23.1 Å². The molecular formula is C20H19F4N5O2. The maximum atomic E-state index is 13.5. The van der Waals surface area contributed by atoms with Crippen molar-refractivity contribution >= 4 is 17.5 Å². The van der Waals surface area contributed by atoms with Crippen LogP contribution in [0.5, 0.6) is 0 Å². The zero-order valence-corrected chi connectivity index (χ0v) is 16.7. The fourth-order valence-corrected chi connectivity index (χ4v) is 3.29. The van der Waals surface area contributed by atoms with E-state index in [0.29, 0.717) is 5.69 Å². The van der Waals surface area contributed by atoms with Crippen molar-refractivity contribution in [2.75, 3.05) is 5.32 Å². The van der Waals surface area contributed by atoms with Gasteiger partial charge in [-0.2, -0.15) is 23.5 Å². The van der Waals surface area contributed by atoms with Crippen LogP contribution in [0.4, 0.5) is 28.0 Å². The lowest BCUT2D eigenvalue weighted by molar-refractivity contribution is -0.168. The molecule has 2 aromatic rings. The summed E-state index contributed by atoms with van der Waals surface area (Å²) in [6.45, 7) is 2.90. The molecule has 2 atom stereocenters. The lowest BCUT2D eigenvalue weighted by Crippen LogP contribution is -2.47. The third kappa shape index (κ3) is 4.68. The third-order valence-corrected chi connectivity index (χ3v) is 5.19. The number of nitrogens with one attached hydrogen (secondary N) is 1. The van der Waals surface area contributed by atoms with Gasteiger partial charge >= 0.3 is 12.2 Å². The number of benzene rings is 1. The average molecular weight is 437 g/mol. The van der Waals surface area contributed by atoms with Crippen LogP contribution < -0.4 is 5.32 Å². The van der Waals surface area contributed by atoms with E-state index in [9.17, 15) is 27.2 Å². The van der Waals surface area contributed by atoms with Gasteiger partial charge in [0.25, 0.3) is 0 Å². The Labute approximate surface area is 175 Å². The van der Waals surface area contributed by atoms with Crippen LogP contribution in [0.25, 0.3) is 0 Å². The lowest BCUT2D eigenvalue weighted by Gasteiger charge is -2.34. The van der Waals surface area contributed by atoms with Gasteiger partial charge < -0.3 is 10.2 Å². The molecule has 1 aliphatic rings. The Morgan fingerprint density at radius 3 is 2.74 bits per heavy atom. The molecule has 3 rings (SSSR count). The molecule has 0 saturated carbocycles. The Hall–Kier alpha value is -3.42. The number of ketones is 1. The highest BCUT2D eigenvalue weighted by atomic mass is 19.4. The number of nitriles is 1. The number of amides is 2. The smallest absolute Gasteiger partial charge is 0.314 e. The van der Waals surface area contributed by atoms with E-state index in [-0.39, 0.29) is 35.9 Å². The Morgan fingerprint density at radius 1 is 1.39 bits per heavy atom. The summed E-state index contributed by atoms with van der Waals surface area (Å²) >= 11 is 0. The molecule has 0 saturated heterocycles. The summed E-state index contributed by atoms with van der Waals surface area (Å²) < 4.78 is 53.4. The molecule has 2 amide bonds. The molecule has 164 valence electrons. The summed E-state index contributed by atoms with van der Waals surface area (Å²) in [6.07, 6.45) is -3.97. The molecule has 1 aliphatic heterocycles. The van der Waals surface area contributed by atoms with Crippen LogP contribution in [0.15, 0.2) is 24.4 Å². The fraction of sp³-hybridized carbons (Fsp3) is 0.400. The molecule has 0 fully saturated rings. The Bertz CT molecular complexity index is 1060. The number of carbonyl (C=O) groups excluding carboxylic acids is 2. The molecule has 0 radical (unpaired) electrons. The monoisotopic (exact) mass is 437 g/mol. The number of Topliss-reactive ketones (excluding diaryl/α,β-unsaturated/α-hetero) is 1. The molecule has 1 aromatic heterocycles. The molecule has 1 aromatic carbocycles. The quantitative estimate of drug-likeness (QED) is 0.576. The second-order valence-corrected chi connectivity index (χ2v) is 7.47. The van der Waals surface area contributed by atoms with Crippen LogP contribution in [0.1, 0.15) is 41.9 Å². The third-order valence-electron chi connectivity index (χ3n) is 5.19. The summed E-state index contributed by atoms with van der Waals surface area (Å²) in [5, 5.41) is 15.6. The van der Waals surface area contributed by atoms with Crippen LogP contribution in [-0.2, 0) is 13.1 Å². The molecule has 0 unspecified atom stereocenters. The van der Waals surface area contributed by atoms with Gasteiger partial charge in [0, 0.05) is 12.1 Å². The fourth-order valence-electron chi connectivity index (χ4n) is 3.29. The second kappa shape index (κ2) is 8.37. The van der Waals surface area contributed by atoms with Gasteiger partial charge in [-0.15, -0.1) is 0 Å². The molecule has 2 heterocycles. The zero-order chi connectivity index (χ0) is 22.9. The first kappa shape index (κ1) is 22.3. The van der Waals surface area contributed by atoms with Crippen molar-refractivity contribution < 1.29 is 27.2 Å². The Kier molecular flexibility index (Phi) is 6.01. The average Bonchev–Trinajstić information content (AvgIpc) is 3.10. The van der Waals surface area contributed by atoms with E-state index >= 15 is 0 Å². The number of hydrogen-bond donors (Lipinski definition) is 1. The van der Waals surface area contributed by atoms with E-state index in [1.165, 1.54) is 27.9 Å². The maximum Gasteiger partial charge on any atom is 0.391 e. The van der Waals surface area contributed by atoms with E-state index in [0.717, 1.165) is 13.0 Å². The van der Waals surface area contributed by atoms with Crippen LogP contribution in [0.2, 0.25) is 0 Å². The number of aromatic nitrogens is 2. The Balaban J connectivity index is 1.78. The van der Waals surface area contributed by atoms with Gasteiger partial charge in [-0.05, 0) is 25.1 Å². The SMILES string of the molecule is C[C@@H]1Cn2ncc(C(=O)C[C@H](C)C(F)(F)F)c2CN1C(=O)Nc1ccc(F)c(C#N)c1. The van der Waals surface area contributed by atoms with E-state index in [2.05, 4.69) is 10.4 Å². The minimum atomic E-state index is -4.49. The number of alkyl halides is 3. The molecule has 0 spiro atoms. The molecule has 31 heavy (non-hydrogen) atoms. The summed E-state index contributed by atoms with van der Waals surface area (Å²) in [5.74, 6) is -3.21. The normalized spacial score (nSPS) is 16.9. The van der Waals surface area contributed by atoms with Gasteiger partial charge in [-0.3, -0.25) is 9.48 Å². The highest BCUT2D eigenvalue weighted by Crippen LogP contribution is 2.30. The lowest BCUT2D eigenvalue weighted by atomic mass is 9.99. The van der Waals surface area contributed by atoms with Gasteiger partial charge in [0.2, 0.25) is 0 Å². The highest BCUT2D eigenvalue weighted by molar-refractivity contribution is 5.97. The topological polar surface area (TPSA) is 91.0 Å². The molecule has 11 heteroatoms. The standard InChI is InChI=1S/C20H19F4N5O2/c1-11(20(22,23)24)5-18(30)15-8-26-29-9-12(2)28(10-17(15)29)19(31)27-14-3-4-16(21)13(6-14)7-25/h3-4,6,8,11-12H,5,9-10H2,1-2H3,(H,27,31)/t11-,12+/m0/s1. The number of hydrogen-bond acceptors (Lipinski definition) is 4. The van der Waals surface area contributed by atoms with Crippen LogP contribution >= 0.6 is 0 Å².